The Bertz CT molecular complexity index is 1150. The Morgan fingerprint density at radius 2 is 1.33 bits per heavy atom. The summed E-state index contributed by atoms with van der Waals surface area (Å²) in [6.45, 7) is 0. The molecule has 0 spiro atoms. The summed E-state index contributed by atoms with van der Waals surface area (Å²) in [4.78, 5) is 0. The van der Waals surface area contributed by atoms with Crippen LogP contribution in [0.5, 0.6) is 0 Å². The van der Waals surface area contributed by atoms with Crippen molar-refractivity contribution in [2.75, 3.05) is 0 Å². The molecule has 2 aromatic heterocycles. The molecule has 0 N–H and O–H groups in total. The Balaban J connectivity index is 2.03. The lowest BCUT2D eigenvalue weighted by molar-refractivity contribution is 0.664. The zero-order valence-corrected chi connectivity index (χ0v) is 11.6. The van der Waals surface area contributed by atoms with Crippen molar-refractivity contribution < 1.29 is 8.83 Å². The predicted molar refractivity (Wildman–Crippen MR) is 86.0 cm³/mol. The van der Waals surface area contributed by atoms with Crippen molar-refractivity contribution >= 4 is 55.5 Å². The van der Waals surface area contributed by atoms with Gasteiger partial charge in [0, 0.05) is 21.5 Å². The normalized spacial score (nSPS) is 12.0. The summed E-state index contributed by atoms with van der Waals surface area (Å²) in [6.07, 6.45) is 0. The lowest BCUT2D eigenvalue weighted by Gasteiger charge is -1.91. The molecule has 3 aromatic carbocycles. The molecule has 5 aromatic rings. The summed E-state index contributed by atoms with van der Waals surface area (Å²) in [6, 6.07) is 17.9. The number of furan rings is 2. The van der Waals surface area contributed by atoms with Gasteiger partial charge in [-0.15, -0.1) is 0 Å². The van der Waals surface area contributed by atoms with Gasteiger partial charge >= 0.3 is 0 Å². The minimum absolute atomic E-state index is 0.630. The number of fused-ring (bicyclic) bond motifs is 6. The highest BCUT2D eigenvalue weighted by Crippen LogP contribution is 2.38. The van der Waals surface area contributed by atoms with Gasteiger partial charge in [0.1, 0.15) is 16.7 Å². The van der Waals surface area contributed by atoms with Gasteiger partial charge in [-0.1, -0.05) is 41.9 Å². The van der Waals surface area contributed by atoms with Crippen LogP contribution < -0.4 is 0 Å². The molecule has 0 amide bonds. The maximum atomic E-state index is 6.21. The molecule has 2 nitrogen and oxygen atoms in total. The molecule has 0 saturated heterocycles. The van der Waals surface area contributed by atoms with Crippen molar-refractivity contribution in [1.29, 1.82) is 0 Å². The second-order valence-corrected chi connectivity index (χ2v) is 5.57. The molecule has 0 saturated carbocycles. The van der Waals surface area contributed by atoms with Crippen LogP contribution in [0.3, 0.4) is 0 Å². The molecule has 2 heterocycles. The van der Waals surface area contributed by atoms with Crippen LogP contribution in [0.15, 0.2) is 63.4 Å². The van der Waals surface area contributed by atoms with Gasteiger partial charge in [0.2, 0.25) is 0 Å². The van der Waals surface area contributed by atoms with Gasteiger partial charge in [-0.2, -0.15) is 0 Å². The lowest BCUT2D eigenvalue weighted by atomic mass is 10.1. The van der Waals surface area contributed by atoms with Gasteiger partial charge in [0.05, 0.1) is 5.02 Å². The van der Waals surface area contributed by atoms with Gasteiger partial charge in [-0.25, -0.2) is 0 Å². The smallest absolute Gasteiger partial charge is 0.153 e. The van der Waals surface area contributed by atoms with Gasteiger partial charge in [0.15, 0.2) is 5.58 Å². The van der Waals surface area contributed by atoms with Crippen LogP contribution >= 0.6 is 11.6 Å². The largest absolute Gasteiger partial charge is 0.456 e. The first kappa shape index (κ1) is 11.2. The first-order chi connectivity index (χ1) is 10.3. The van der Waals surface area contributed by atoms with E-state index in [9.17, 15) is 0 Å². The molecule has 0 aliphatic heterocycles. The van der Waals surface area contributed by atoms with Crippen LogP contribution in [0.2, 0.25) is 5.02 Å². The molecule has 5 rings (SSSR count). The molecule has 0 aliphatic carbocycles. The van der Waals surface area contributed by atoms with E-state index in [1.807, 2.05) is 48.5 Å². The summed E-state index contributed by atoms with van der Waals surface area (Å²) < 4.78 is 11.9. The van der Waals surface area contributed by atoms with E-state index in [0.717, 1.165) is 43.9 Å². The summed E-state index contributed by atoms with van der Waals surface area (Å²) >= 11 is 6.21. The molecular formula is C18H9ClO2. The highest BCUT2D eigenvalue weighted by Gasteiger charge is 2.14. The summed E-state index contributed by atoms with van der Waals surface area (Å²) in [5, 5.41) is 4.83. The number of para-hydroxylation sites is 2. The average molecular weight is 293 g/mol. The van der Waals surface area contributed by atoms with Crippen molar-refractivity contribution in [3.8, 4) is 0 Å². The second-order valence-electron chi connectivity index (χ2n) is 5.16. The minimum Gasteiger partial charge on any atom is -0.456 e. The molecule has 0 fully saturated rings. The number of hydrogen-bond acceptors (Lipinski definition) is 2. The molecule has 0 radical (unpaired) electrons. The summed E-state index contributed by atoms with van der Waals surface area (Å²) in [5.74, 6) is 0. The van der Waals surface area contributed by atoms with E-state index in [0.29, 0.717) is 5.02 Å². The highest BCUT2D eigenvalue weighted by atomic mass is 35.5. The lowest BCUT2D eigenvalue weighted by Crippen LogP contribution is -1.68. The number of rotatable bonds is 0. The van der Waals surface area contributed by atoms with Gasteiger partial charge < -0.3 is 8.83 Å². The Labute approximate surface area is 124 Å². The van der Waals surface area contributed by atoms with E-state index < -0.39 is 0 Å². The van der Waals surface area contributed by atoms with Crippen molar-refractivity contribution in [3.05, 3.63) is 59.6 Å². The van der Waals surface area contributed by atoms with E-state index in [1.165, 1.54) is 0 Å². The Hall–Kier alpha value is -2.45. The molecule has 21 heavy (non-hydrogen) atoms. The summed E-state index contributed by atoms with van der Waals surface area (Å²) in [5.41, 5.74) is 3.32. The second kappa shape index (κ2) is 3.80. The molecule has 0 unspecified atom stereocenters. The van der Waals surface area contributed by atoms with Crippen molar-refractivity contribution in [2.24, 2.45) is 0 Å². The first-order valence-corrected chi connectivity index (χ1v) is 7.11. The number of hydrogen-bond donors (Lipinski definition) is 0. The van der Waals surface area contributed by atoms with Gasteiger partial charge in [0.25, 0.3) is 0 Å². The Morgan fingerprint density at radius 1 is 0.619 bits per heavy atom. The highest BCUT2D eigenvalue weighted by molar-refractivity contribution is 6.36. The minimum atomic E-state index is 0.630. The van der Waals surface area contributed by atoms with Crippen molar-refractivity contribution in [3.63, 3.8) is 0 Å². The van der Waals surface area contributed by atoms with Crippen LogP contribution in [0.4, 0.5) is 0 Å². The first-order valence-electron chi connectivity index (χ1n) is 6.73. The molecular weight excluding hydrogens is 284 g/mol. The van der Waals surface area contributed by atoms with Crippen LogP contribution in [-0.4, -0.2) is 0 Å². The average Bonchev–Trinajstić information content (AvgIpc) is 3.04. The molecule has 0 bridgehead atoms. The van der Waals surface area contributed by atoms with Gasteiger partial charge in [-0.05, 0) is 24.3 Å². The van der Waals surface area contributed by atoms with Crippen LogP contribution in [0.1, 0.15) is 0 Å². The topological polar surface area (TPSA) is 26.3 Å². The monoisotopic (exact) mass is 292 g/mol. The molecule has 3 heteroatoms. The number of halogens is 1. The van der Waals surface area contributed by atoms with Crippen LogP contribution in [-0.2, 0) is 0 Å². The molecule has 0 atom stereocenters. The third-order valence-electron chi connectivity index (χ3n) is 3.95. The van der Waals surface area contributed by atoms with Gasteiger partial charge in [-0.3, -0.25) is 0 Å². The third-order valence-corrected chi connectivity index (χ3v) is 4.25. The third kappa shape index (κ3) is 1.43. The van der Waals surface area contributed by atoms with Crippen LogP contribution in [0, 0.1) is 0 Å². The van der Waals surface area contributed by atoms with E-state index in [2.05, 4.69) is 6.07 Å². The molecule has 0 aliphatic rings. The maximum Gasteiger partial charge on any atom is 0.153 e. The fourth-order valence-corrected chi connectivity index (χ4v) is 3.19. The molecule has 100 valence electrons. The van der Waals surface area contributed by atoms with E-state index in [-0.39, 0.29) is 0 Å². The standard InChI is InChI=1S/C18H9ClO2/c19-14-6-3-5-11-13-9-16-12(8-17(13)21-18(11)14)10-4-1-2-7-15(10)20-16/h1-9H. The van der Waals surface area contributed by atoms with Crippen LogP contribution in [0.25, 0.3) is 43.9 Å². The fraction of sp³-hybridized carbons (Fsp3) is 0. The van der Waals surface area contributed by atoms with E-state index in [1.54, 1.807) is 0 Å². The van der Waals surface area contributed by atoms with Crippen molar-refractivity contribution in [2.45, 2.75) is 0 Å². The number of benzene rings is 3. The zero-order chi connectivity index (χ0) is 14.0. The maximum absolute atomic E-state index is 6.21. The van der Waals surface area contributed by atoms with E-state index in [4.69, 9.17) is 20.4 Å². The van der Waals surface area contributed by atoms with Crippen molar-refractivity contribution in [1.82, 2.24) is 0 Å². The zero-order valence-electron chi connectivity index (χ0n) is 10.9. The Morgan fingerprint density at radius 3 is 2.24 bits per heavy atom. The predicted octanol–water partition coefficient (Wildman–Crippen LogP) is 6.14. The quantitative estimate of drug-likeness (QED) is 0.343. The SMILES string of the molecule is Clc1cccc2c1oc1cc3c(cc12)oc1ccccc13. The summed E-state index contributed by atoms with van der Waals surface area (Å²) in [7, 11) is 0. The fourth-order valence-electron chi connectivity index (χ4n) is 2.98. The Kier molecular flexibility index (Phi) is 2.04. The van der Waals surface area contributed by atoms with E-state index >= 15 is 0 Å².